The van der Waals surface area contributed by atoms with Crippen LogP contribution in [0.2, 0.25) is 0 Å². The molecule has 0 aromatic carbocycles. The van der Waals surface area contributed by atoms with Gasteiger partial charge in [0.05, 0.1) is 6.20 Å². The van der Waals surface area contributed by atoms with Crippen molar-refractivity contribution < 1.29 is 0 Å². The molecule has 2 aromatic rings. The molecule has 2 rings (SSSR count). The average molecular weight is 219 g/mol. The first kappa shape index (κ1) is 10.9. The standard InChI is InChI=1S/C11H17N5/c1-12-7-10-8-14-16(9-10)5-3-11-13-4-6-15(11)2/h4,6,8-9,12H,3,5,7H2,1-2H3. The first-order valence-corrected chi connectivity index (χ1v) is 5.41. The average Bonchev–Trinajstić information content (AvgIpc) is 2.86. The molecule has 2 aromatic heterocycles. The maximum Gasteiger partial charge on any atom is 0.110 e. The fourth-order valence-electron chi connectivity index (χ4n) is 1.68. The van der Waals surface area contributed by atoms with E-state index in [0.717, 1.165) is 25.3 Å². The summed E-state index contributed by atoms with van der Waals surface area (Å²) < 4.78 is 4.00. The Bertz CT molecular complexity index is 443. The van der Waals surface area contributed by atoms with E-state index in [1.807, 2.05) is 41.9 Å². The molecule has 16 heavy (non-hydrogen) atoms. The fraction of sp³-hybridized carbons (Fsp3) is 0.455. The van der Waals surface area contributed by atoms with Crippen molar-refractivity contribution in [3.8, 4) is 0 Å². The van der Waals surface area contributed by atoms with Gasteiger partial charge in [-0.3, -0.25) is 4.68 Å². The van der Waals surface area contributed by atoms with Crippen LogP contribution in [-0.4, -0.2) is 26.4 Å². The molecule has 0 saturated heterocycles. The van der Waals surface area contributed by atoms with E-state index in [9.17, 15) is 0 Å². The molecule has 86 valence electrons. The van der Waals surface area contributed by atoms with Gasteiger partial charge in [0.2, 0.25) is 0 Å². The van der Waals surface area contributed by atoms with Crippen molar-refractivity contribution in [1.82, 2.24) is 24.6 Å². The lowest BCUT2D eigenvalue weighted by molar-refractivity contribution is 0.589. The molecule has 0 spiro atoms. The summed E-state index contributed by atoms with van der Waals surface area (Å²) in [6.07, 6.45) is 8.66. The minimum Gasteiger partial charge on any atom is -0.338 e. The normalized spacial score (nSPS) is 10.9. The monoisotopic (exact) mass is 219 g/mol. The van der Waals surface area contributed by atoms with E-state index in [-0.39, 0.29) is 0 Å². The number of hydrogen-bond donors (Lipinski definition) is 1. The number of aryl methyl sites for hydroxylation is 3. The first-order valence-electron chi connectivity index (χ1n) is 5.41. The molecule has 0 bridgehead atoms. The lowest BCUT2D eigenvalue weighted by Crippen LogP contribution is -2.06. The Labute approximate surface area is 95.1 Å². The smallest absolute Gasteiger partial charge is 0.110 e. The van der Waals surface area contributed by atoms with Crippen LogP contribution in [0.5, 0.6) is 0 Å². The second kappa shape index (κ2) is 4.94. The van der Waals surface area contributed by atoms with Crippen molar-refractivity contribution in [2.45, 2.75) is 19.5 Å². The SMILES string of the molecule is CNCc1cnn(CCc2nccn2C)c1. The van der Waals surface area contributed by atoms with Gasteiger partial charge in [0.1, 0.15) is 5.82 Å². The van der Waals surface area contributed by atoms with Crippen LogP contribution in [0.4, 0.5) is 0 Å². The minimum absolute atomic E-state index is 0.863. The highest BCUT2D eigenvalue weighted by Gasteiger charge is 2.01. The summed E-state index contributed by atoms with van der Waals surface area (Å²) in [5.74, 6) is 1.09. The number of hydrogen-bond acceptors (Lipinski definition) is 3. The molecule has 0 radical (unpaired) electrons. The Morgan fingerprint density at radius 3 is 3.00 bits per heavy atom. The zero-order chi connectivity index (χ0) is 11.4. The van der Waals surface area contributed by atoms with Gasteiger partial charge in [-0.1, -0.05) is 0 Å². The van der Waals surface area contributed by atoms with Crippen LogP contribution in [-0.2, 0) is 26.6 Å². The van der Waals surface area contributed by atoms with Crippen molar-refractivity contribution in [3.05, 3.63) is 36.2 Å². The van der Waals surface area contributed by atoms with Crippen molar-refractivity contribution in [1.29, 1.82) is 0 Å². The van der Waals surface area contributed by atoms with Crippen LogP contribution < -0.4 is 5.32 Å². The maximum absolute atomic E-state index is 4.30. The van der Waals surface area contributed by atoms with Crippen LogP contribution in [0.1, 0.15) is 11.4 Å². The van der Waals surface area contributed by atoms with Crippen molar-refractivity contribution in [2.24, 2.45) is 7.05 Å². The molecule has 0 aliphatic heterocycles. The predicted octanol–water partition coefficient (Wildman–Crippen LogP) is 0.579. The van der Waals surface area contributed by atoms with E-state index in [0.29, 0.717) is 0 Å². The van der Waals surface area contributed by atoms with Gasteiger partial charge in [-0.15, -0.1) is 0 Å². The van der Waals surface area contributed by atoms with Gasteiger partial charge >= 0.3 is 0 Å². The van der Waals surface area contributed by atoms with Crippen LogP contribution in [0.15, 0.2) is 24.8 Å². The van der Waals surface area contributed by atoms with E-state index < -0.39 is 0 Å². The van der Waals surface area contributed by atoms with Gasteiger partial charge in [0.15, 0.2) is 0 Å². The molecule has 0 fully saturated rings. The first-order chi connectivity index (χ1) is 7.79. The van der Waals surface area contributed by atoms with Gasteiger partial charge in [-0.2, -0.15) is 5.10 Å². The lowest BCUT2D eigenvalue weighted by atomic mass is 10.3. The zero-order valence-electron chi connectivity index (χ0n) is 9.72. The molecule has 0 aliphatic rings. The lowest BCUT2D eigenvalue weighted by Gasteiger charge is -2.02. The zero-order valence-corrected chi connectivity index (χ0v) is 9.72. The third kappa shape index (κ3) is 2.49. The van der Waals surface area contributed by atoms with Crippen molar-refractivity contribution in [3.63, 3.8) is 0 Å². The van der Waals surface area contributed by atoms with Gasteiger partial charge in [-0.05, 0) is 7.05 Å². The quantitative estimate of drug-likeness (QED) is 0.800. The van der Waals surface area contributed by atoms with E-state index >= 15 is 0 Å². The summed E-state index contributed by atoms with van der Waals surface area (Å²) in [6, 6.07) is 0. The Morgan fingerprint density at radius 1 is 1.44 bits per heavy atom. The fourth-order valence-corrected chi connectivity index (χ4v) is 1.68. The number of rotatable bonds is 5. The summed E-state index contributed by atoms with van der Waals surface area (Å²) in [4.78, 5) is 4.28. The van der Waals surface area contributed by atoms with E-state index in [4.69, 9.17) is 0 Å². The van der Waals surface area contributed by atoms with Gasteiger partial charge < -0.3 is 9.88 Å². The number of nitrogens with zero attached hydrogens (tertiary/aromatic N) is 4. The summed E-state index contributed by atoms with van der Waals surface area (Å²) in [6.45, 7) is 1.73. The largest absolute Gasteiger partial charge is 0.338 e. The van der Waals surface area contributed by atoms with Gasteiger partial charge in [0, 0.05) is 50.7 Å². The molecule has 0 saturated carbocycles. The molecular weight excluding hydrogens is 202 g/mol. The molecule has 0 aliphatic carbocycles. The molecule has 5 heteroatoms. The summed E-state index contributed by atoms with van der Waals surface area (Å²) in [5, 5.41) is 7.41. The van der Waals surface area contributed by atoms with Gasteiger partial charge in [0.25, 0.3) is 0 Å². The summed E-state index contributed by atoms with van der Waals surface area (Å²) in [7, 11) is 3.95. The Hall–Kier alpha value is -1.62. The highest BCUT2D eigenvalue weighted by Crippen LogP contribution is 2.01. The Balaban J connectivity index is 1.92. The number of nitrogens with one attached hydrogen (secondary N) is 1. The van der Waals surface area contributed by atoms with Crippen LogP contribution >= 0.6 is 0 Å². The molecule has 1 N–H and O–H groups in total. The van der Waals surface area contributed by atoms with Crippen LogP contribution in [0.3, 0.4) is 0 Å². The maximum atomic E-state index is 4.30. The summed E-state index contributed by atoms with van der Waals surface area (Å²) in [5.41, 5.74) is 1.21. The second-order valence-electron chi connectivity index (χ2n) is 3.85. The number of imidazole rings is 1. The summed E-state index contributed by atoms with van der Waals surface area (Å²) >= 11 is 0. The molecular formula is C11H17N5. The Kier molecular flexibility index (Phi) is 3.36. The molecule has 0 atom stereocenters. The third-order valence-electron chi connectivity index (χ3n) is 2.55. The van der Waals surface area contributed by atoms with Crippen LogP contribution in [0, 0.1) is 0 Å². The van der Waals surface area contributed by atoms with E-state index in [1.165, 1.54) is 5.56 Å². The van der Waals surface area contributed by atoms with Crippen LogP contribution in [0.25, 0.3) is 0 Å². The molecule has 2 heterocycles. The van der Waals surface area contributed by atoms with E-state index in [2.05, 4.69) is 21.6 Å². The van der Waals surface area contributed by atoms with Crippen molar-refractivity contribution >= 4 is 0 Å². The highest BCUT2D eigenvalue weighted by molar-refractivity contribution is 5.03. The topological polar surface area (TPSA) is 47.7 Å². The Morgan fingerprint density at radius 2 is 2.31 bits per heavy atom. The van der Waals surface area contributed by atoms with Gasteiger partial charge in [-0.25, -0.2) is 4.98 Å². The molecule has 0 amide bonds. The molecule has 5 nitrogen and oxygen atoms in total. The highest BCUT2D eigenvalue weighted by atomic mass is 15.3. The minimum atomic E-state index is 0.863. The second-order valence-corrected chi connectivity index (χ2v) is 3.85. The predicted molar refractivity (Wildman–Crippen MR) is 61.9 cm³/mol. The van der Waals surface area contributed by atoms with Crippen molar-refractivity contribution in [2.75, 3.05) is 7.05 Å². The number of aromatic nitrogens is 4. The molecule has 0 unspecified atom stereocenters. The third-order valence-corrected chi connectivity index (χ3v) is 2.55. The van der Waals surface area contributed by atoms with E-state index in [1.54, 1.807) is 0 Å².